The summed E-state index contributed by atoms with van der Waals surface area (Å²) in [5, 5.41) is 2.32. The number of carbonyl (C=O) groups excluding carboxylic acids is 3. The number of piperidine rings is 1. The van der Waals surface area contributed by atoms with Gasteiger partial charge in [0.25, 0.3) is 0 Å². The predicted octanol–water partition coefficient (Wildman–Crippen LogP) is 1.13. The molecule has 1 aliphatic rings. The Morgan fingerprint density at radius 1 is 0.949 bits per heavy atom. The molecule has 1 atom stereocenters. The van der Waals surface area contributed by atoms with Crippen molar-refractivity contribution in [3.05, 3.63) is 34.2 Å². The van der Waals surface area contributed by atoms with Crippen LogP contribution in [0.2, 0.25) is 0 Å². The minimum atomic E-state index is -0.697. The summed E-state index contributed by atoms with van der Waals surface area (Å²) >= 11 is 0. The maximum Gasteiger partial charge on any atom is 0.332 e. The molecule has 1 aliphatic heterocycles. The van der Waals surface area contributed by atoms with E-state index in [1.54, 1.807) is 7.05 Å². The molecule has 1 saturated heterocycles. The van der Waals surface area contributed by atoms with E-state index in [1.807, 2.05) is 32.0 Å². The Bertz CT molecular complexity index is 1170. The van der Waals surface area contributed by atoms with E-state index in [4.69, 9.17) is 23.7 Å². The van der Waals surface area contributed by atoms with Gasteiger partial charge in [-0.15, -0.1) is 0 Å². The number of aromatic nitrogens is 2. The van der Waals surface area contributed by atoms with Crippen LogP contribution < -0.4 is 11.0 Å². The average molecular weight is 550 g/mol. The normalized spacial score (nSPS) is 15.7. The Kier molecular flexibility index (Phi) is 12.1. The monoisotopic (exact) mass is 549 g/mol. The van der Waals surface area contributed by atoms with Gasteiger partial charge in [0.2, 0.25) is 11.8 Å². The molecule has 216 valence electrons. The lowest BCUT2D eigenvalue weighted by Gasteiger charge is -2.21. The van der Waals surface area contributed by atoms with Gasteiger partial charge in [0, 0.05) is 13.5 Å². The molecule has 1 unspecified atom stereocenters. The SMILES string of the molecule is CC(C)COC(=O)COCCOCCOCCOCCc1ccc2c(c1)n(C)c(=O)n2C1CCC(=O)NC1=O. The van der Waals surface area contributed by atoms with E-state index >= 15 is 0 Å². The lowest BCUT2D eigenvalue weighted by Crippen LogP contribution is -2.44. The molecule has 3 rings (SSSR count). The minimum Gasteiger partial charge on any atom is -0.464 e. The molecule has 0 spiro atoms. The first-order valence-electron chi connectivity index (χ1n) is 13.3. The summed E-state index contributed by atoms with van der Waals surface area (Å²) < 4.78 is 29.7. The Hall–Kier alpha value is -3.06. The highest BCUT2D eigenvalue weighted by Gasteiger charge is 2.31. The molecule has 39 heavy (non-hydrogen) atoms. The fourth-order valence-corrected chi connectivity index (χ4v) is 4.10. The molecule has 12 nitrogen and oxygen atoms in total. The highest BCUT2D eigenvalue weighted by molar-refractivity contribution is 6.00. The van der Waals surface area contributed by atoms with Crippen LogP contribution in [-0.2, 0) is 51.5 Å². The molecule has 0 aliphatic carbocycles. The van der Waals surface area contributed by atoms with E-state index < -0.39 is 11.9 Å². The lowest BCUT2D eigenvalue weighted by atomic mass is 10.1. The second-order valence-electron chi connectivity index (χ2n) is 9.72. The van der Waals surface area contributed by atoms with Crippen molar-refractivity contribution in [3.8, 4) is 0 Å². The number of amides is 2. The van der Waals surface area contributed by atoms with Crippen LogP contribution in [0.4, 0.5) is 0 Å². The maximum absolute atomic E-state index is 12.9. The van der Waals surface area contributed by atoms with Gasteiger partial charge in [0.1, 0.15) is 12.6 Å². The molecule has 2 heterocycles. The third kappa shape index (κ3) is 9.27. The molecule has 1 N–H and O–H groups in total. The zero-order valence-electron chi connectivity index (χ0n) is 22.9. The van der Waals surface area contributed by atoms with Crippen molar-refractivity contribution in [2.24, 2.45) is 13.0 Å². The average Bonchev–Trinajstić information content (AvgIpc) is 3.14. The number of aryl methyl sites for hydroxylation is 1. The van der Waals surface area contributed by atoms with Gasteiger partial charge in [-0.05, 0) is 36.5 Å². The Labute approximate surface area is 227 Å². The van der Waals surface area contributed by atoms with Crippen molar-refractivity contribution < 1.29 is 38.1 Å². The molecular weight excluding hydrogens is 510 g/mol. The zero-order chi connectivity index (χ0) is 28.2. The molecule has 12 heteroatoms. The smallest absolute Gasteiger partial charge is 0.332 e. The Morgan fingerprint density at radius 3 is 2.23 bits per heavy atom. The third-order valence-corrected chi connectivity index (χ3v) is 6.12. The largest absolute Gasteiger partial charge is 0.464 e. The number of fused-ring (bicyclic) bond motifs is 1. The number of hydrogen-bond donors (Lipinski definition) is 1. The number of imide groups is 1. The molecular formula is C27H39N3O9. The summed E-state index contributed by atoms with van der Waals surface area (Å²) in [7, 11) is 1.67. The van der Waals surface area contributed by atoms with E-state index in [0.29, 0.717) is 77.1 Å². The van der Waals surface area contributed by atoms with Crippen LogP contribution in [0.3, 0.4) is 0 Å². The van der Waals surface area contributed by atoms with Crippen molar-refractivity contribution in [1.29, 1.82) is 0 Å². The van der Waals surface area contributed by atoms with Crippen molar-refractivity contribution in [2.45, 2.75) is 39.2 Å². The van der Waals surface area contributed by atoms with Gasteiger partial charge >= 0.3 is 11.7 Å². The van der Waals surface area contributed by atoms with Crippen LogP contribution in [0.15, 0.2) is 23.0 Å². The standard InChI is InChI=1S/C27H39N3O9/c1-19(2)17-39-25(32)18-38-15-14-37-13-12-36-11-10-35-9-8-20-4-5-21-23(16-20)29(3)27(34)30(21)22-6-7-24(31)28-26(22)33/h4-5,16,19,22H,6-15,17-18H2,1-3H3,(H,28,31,33). The van der Waals surface area contributed by atoms with Crippen LogP contribution in [0.1, 0.15) is 38.3 Å². The molecule has 2 amide bonds. The fourth-order valence-electron chi connectivity index (χ4n) is 4.10. The van der Waals surface area contributed by atoms with Crippen molar-refractivity contribution >= 4 is 28.8 Å². The van der Waals surface area contributed by atoms with Gasteiger partial charge in [0.15, 0.2) is 0 Å². The quantitative estimate of drug-likeness (QED) is 0.175. The van der Waals surface area contributed by atoms with Gasteiger partial charge in [0.05, 0.1) is 63.9 Å². The van der Waals surface area contributed by atoms with Crippen LogP contribution in [0.5, 0.6) is 0 Å². The Balaban J connectivity index is 1.28. The van der Waals surface area contributed by atoms with E-state index in [0.717, 1.165) is 11.1 Å². The minimum absolute atomic E-state index is 0.0784. The lowest BCUT2D eigenvalue weighted by molar-refractivity contribution is -0.150. The third-order valence-electron chi connectivity index (χ3n) is 6.12. The highest BCUT2D eigenvalue weighted by Crippen LogP contribution is 2.23. The number of nitrogens with zero attached hydrogens (tertiary/aromatic N) is 2. The first-order valence-corrected chi connectivity index (χ1v) is 13.3. The van der Waals surface area contributed by atoms with Crippen LogP contribution in [0.25, 0.3) is 11.0 Å². The van der Waals surface area contributed by atoms with E-state index in [-0.39, 0.29) is 30.6 Å². The van der Waals surface area contributed by atoms with Gasteiger partial charge in [-0.1, -0.05) is 19.9 Å². The van der Waals surface area contributed by atoms with Gasteiger partial charge in [-0.25, -0.2) is 9.59 Å². The number of imidazole rings is 1. The molecule has 0 radical (unpaired) electrons. The molecule has 0 saturated carbocycles. The first-order chi connectivity index (χ1) is 18.8. The number of rotatable bonds is 17. The molecule has 1 fully saturated rings. The number of benzene rings is 1. The molecule has 1 aromatic heterocycles. The van der Waals surface area contributed by atoms with Crippen LogP contribution in [0, 0.1) is 5.92 Å². The summed E-state index contributed by atoms with van der Waals surface area (Å²) in [5.74, 6) is -0.839. The number of carbonyl (C=O) groups is 3. The second kappa shape index (κ2) is 15.5. The van der Waals surface area contributed by atoms with Gasteiger partial charge < -0.3 is 23.7 Å². The summed E-state index contributed by atoms with van der Waals surface area (Å²) in [5.41, 5.74) is 2.10. The van der Waals surface area contributed by atoms with E-state index in [2.05, 4.69) is 5.32 Å². The Morgan fingerprint density at radius 2 is 1.59 bits per heavy atom. The second-order valence-corrected chi connectivity index (χ2v) is 9.72. The highest BCUT2D eigenvalue weighted by atomic mass is 16.6. The summed E-state index contributed by atoms with van der Waals surface area (Å²) in [4.78, 5) is 48.1. The topological polar surface area (TPSA) is 136 Å². The van der Waals surface area contributed by atoms with Crippen molar-refractivity contribution in [1.82, 2.24) is 14.5 Å². The summed E-state index contributed by atoms with van der Waals surface area (Å²) in [6.45, 7) is 7.13. The van der Waals surface area contributed by atoms with E-state index in [9.17, 15) is 19.2 Å². The van der Waals surface area contributed by atoms with Gasteiger partial charge in [-0.2, -0.15) is 0 Å². The molecule has 2 aromatic rings. The molecule has 0 bridgehead atoms. The zero-order valence-corrected chi connectivity index (χ0v) is 22.9. The first kappa shape index (κ1) is 30.5. The number of hydrogen-bond acceptors (Lipinski definition) is 9. The van der Waals surface area contributed by atoms with Crippen molar-refractivity contribution in [3.63, 3.8) is 0 Å². The molecule has 1 aromatic carbocycles. The van der Waals surface area contributed by atoms with Crippen LogP contribution in [-0.4, -0.2) is 86.4 Å². The van der Waals surface area contributed by atoms with Gasteiger partial charge in [-0.3, -0.25) is 24.0 Å². The number of esters is 1. The number of ether oxygens (including phenoxy) is 5. The fraction of sp³-hybridized carbons (Fsp3) is 0.630. The maximum atomic E-state index is 12.9. The predicted molar refractivity (Wildman–Crippen MR) is 141 cm³/mol. The summed E-state index contributed by atoms with van der Waals surface area (Å²) in [6.07, 6.45) is 1.17. The number of nitrogens with one attached hydrogen (secondary N) is 1. The summed E-state index contributed by atoms with van der Waals surface area (Å²) in [6, 6.07) is 4.98. The van der Waals surface area contributed by atoms with Crippen molar-refractivity contribution in [2.75, 3.05) is 59.5 Å². The van der Waals surface area contributed by atoms with Crippen LogP contribution >= 0.6 is 0 Å². The van der Waals surface area contributed by atoms with E-state index in [1.165, 1.54) is 9.13 Å².